The molecule has 4 rings (SSSR count). The number of rotatable bonds is 7. The van der Waals surface area contributed by atoms with Crippen LogP contribution in [0.1, 0.15) is 22.8 Å². The molecule has 0 aliphatic carbocycles. The van der Waals surface area contributed by atoms with Crippen LogP contribution >= 0.6 is 0 Å². The first-order chi connectivity index (χ1) is 16.9. The van der Waals surface area contributed by atoms with E-state index in [0.717, 1.165) is 30.2 Å². The Morgan fingerprint density at radius 3 is 2.31 bits per heavy atom. The van der Waals surface area contributed by atoms with E-state index < -0.39 is 10.0 Å². The van der Waals surface area contributed by atoms with E-state index in [1.165, 1.54) is 17.7 Å². The zero-order chi connectivity index (χ0) is 24.8. The summed E-state index contributed by atoms with van der Waals surface area (Å²) in [4.78, 5) is 20.3. The van der Waals surface area contributed by atoms with Crippen LogP contribution in [0.25, 0.3) is 12.7 Å². The Balaban J connectivity index is 1.38. The van der Waals surface area contributed by atoms with E-state index in [4.69, 9.17) is 0 Å². The summed E-state index contributed by atoms with van der Waals surface area (Å²) in [6.07, 6.45) is 5.11. The topological polar surface area (TPSA) is 85.5 Å². The lowest BCUT2D eigenvalue weighted by Crippen LogP contribution is -2.48. The van der Waals surface area contributed by atoms with Crippen molar-refractivity contribution in [3.05, 3.63) is 100 Å². The molecule has 35 heavy (non-hydrogen) atoms. The van der Waals surface area contributed by atoms with Crippen LogP contribution in [0.4, 0.5) is 0 Å². The van der Waals surface area contributed by atoms with Gasteiger partial charge in [0.15, 0.2) is 0 Å². The smallest absolute Gasteiger partial charge is 0.261 e. The van der Waals surface area contributed by atoms with Crippen LogP contribution in [0.15, 0.2) is 83.5 Å². The molecule has 0 spiro atoms. The van der Waals surface area contributed by atoms with E-state index >= 15 is 0 Å². The molecule has 8 heteroatoms. The van der Waals surface area contributed by atoms with E-state index in [9.17, 15) is 13.2 Å². The lowest BCUT2D eigenvalue weighted by atomic mass is 10.1. The fraction of sp³-hybridized carbons (Fsp3) is 0.222. The van der Waals surface area contributed by atoms with Gasteiger partial charge in [-0.3, -0.25) is 14.4 Å². The quantitative estimate of drug-likeness (QED) is 0.531. The second-order valence-electron chi connectivity index (χ2n) is 8.49. The Bertz CT molecular complexity index is 1400. The second-order valence-corrected chi connectivity index (χ2v) is 10.2. The van der Waals surface area contributed by atoms with Crippen LogP contribution in [0.3, 0.4) is 0 Å². The number of nitrogens with one attached hydrogen (secondary N) is 2. The lowest BCUT2D eigenvalue weighted by molar-refractivity contribution is 0.0628. The Morgan fingerprint density at radius 1 is 1.03 bits per heavy atom. The SMILES string of the molecule is C=c1cc[nH]/c1=C/C(=C\C)NS(=O)(=O)c1ccc(C(=O)N2CCN(Cc3ccccc3)CC2)cc1. The molecule has 0 unspecified atom stereocenters. The molecule has 0 saturated carbocycles. The number of sulfonamides is 1. The van der Waals surface area contributed by atoms with Crippen molar-refractivity contribution in [1.29, 1.82) is 0 Å². The number of carbonyl (C=O) groups excluding carboxylic acids is 1. The van der Waals surface area contributed by atoms with Gasteiger partial charge in [0.05, 0.1) is 4.90 Å². The Hall–Kier alpha value is -3.62. The number of carbonyl (C=O) groups is 1. The second kappa shape index (κ2) is 10.8. The van der Waals surface area contributed by atoms with Crippen LogP contribution in [0.5, 0.6) is 0 Å². The van der Waals surface area contributed by atoms with Crippen molar-refractivity contribution in [2.75, 3.05) is 26.2 Å². The Labute approximate surface area is 206 Å². The predicted molar refractivity (Wildman–Crippen MR) is 138 cm³/mol. The molecule has 0 radical (unpaired) electrons. The highest BCUT2D eigenvalue weighted by atomic mass is 32.2. The summed E-state index contributed by atoms with van der Waals surface area (Å²) in [7, 11) is -3.81. The van der Waals surface area contributed by atoms with Gasteiger partial charge in [-0.2, -0.15) is 0 Å². The number of allylic oxidation sites excluding steroid dienone is 2. The number of benzene rings is 2. The molecule has 0 bridgehead atoms. The molecule has 1 fully saturated rings. The molecule has 1 saturated heterocycles. The van der Waals surface area contributed by atoms with Gasteiger partial charge in [-0.25, -0.2) is 8.42 Å². The van der Waals surface area contributed by atoms with Gasteiger partial charge >= 0.3 is 0 Å². The zero-order valence-electron chi connectivity index (χ0n) is 19.8. The monoisotopic (exact) mass is 490 g/mol. The molecular formula is C27H30N4O3S. The van der Waals surface area contributed by atoms with Crippen LogP contribution < -0.4 is 15.3 Å². The molecule has 182 valence electrons. The Morgan fingerprint density at radius 2 is 1.71 bits per heavy atom. The van der Waals surface area contributed by atoms with Crippen molar-refractivity contribution in [1.82, 2.24) is 19.5 Å². The van der Waals surface area contributed by atoms with Crippen LogP contribution in [0.2, 0.25) is 0 Å². The molecule has 2 aromatic carbocycles. The number of hydrogen-bond acceptors (Lipinski definition) is 4. The summed E-state index contributed by atoms with van der Waals surface area (Å²) in [6, 6.07) is 18.2. The average Bonchev–Trinajstić information content (AvgIpc) is 3.28. The average molecular weight is 491 g/mol. The summed E-state index contributed by atoms with van der Waals surface area (Å²) in [5.41, 5.74) is 2.16. The number of hydrogen-bond donors (Lipinski definition) is 2. The summed E-state index contributed by atoms with van der Waals surface area (Å²) in [5.74, 6) is -0.0848. The Kier molecular flexibility index (Phi) is 7.53. The summed E-state index contributed by atoms with van der Waals surface area (Å²) >= 11 is 0. The van der Waals surface area contributed by atoms with E-state index in [1.807, 2.05) is 29.2 Å². The van der Waals surface area contributed by atoms with E-state index in [1.54, 1.807) is 37.4 Å². The normalized spacial score (nSPS) is 15.9. The number of aromatic amines is 1. The molecule has 2 heterocycles. The summed E-state index contributed by atoms with van der Waals surface area (Å²) in [6.45, 7) is 9.41. The minimum Gasteiger partial charge on any atom is -0.361 e. The number of nitrogens with zero attached hydrogens (tertiary/aromatic N) is 2. The maximum absolute atomic E-state index is 13.0. The van der Waals surface area contributed by atoms with Crippen molar-refractivity contribution in [2.24, 2.45) is 0 Å². The highest BCUT2D eigenvalue weighted by molar-refractivity contribution is 7.89. The number of amides is 1. The standard InChI is InChI=1S/C27H30N4O3S/c1-3-24(19-26-21(2)13-14-28-26)29-35(33,34)25-11-9-23(10-12-25)27(32)31-17-15-30(16-18-31)20-22-7-5-4-6-8-22/h3-14,19,28-29H,2,15-18,20H2,1H3/b24-3+,26-19+. The first kappa shape index (κ1) is 24.5. The first-order valence-electron chi connectivity index (χ1n) is 11.5. The van der Waals surface area contributed by atoms with Gasteiger partial charge in [0.25, 0.3) is 15.9 Å². The zero-order valence-corrected chi connectivity index (χ0v) is 20.6. The lowest BCUT2D eigenvalue weighted by Gasteiger charge is -2.34. The van der Waals surface area contributed by atoms with E-state index in [2.05, 4.69) is 33.3 Å². The maximum Gasteiger partial charge on any atom is 0.261 e. The molecule has 3 aromatic rings. The maximum atomic E-state index is 13.0. The molecule has 2 N–H and O–H groups in total. The van der Waals surface area contributed by atoms with Crippen molar-refractivity contribution in [3.63, 3.8) is 0 Å². The van der Waals surface area contributed by atoms with Crippen LogP contribution in [-0.2, 0) is 16.6 Å². The fourth-order valence-corrected chi connectivity index (χ4v) is 5.10. The molecule has 0 atom stereocenters. The van der Waals surface area contributed by atoms with Gasteiger partial charge in [-0.1, -0.05) is 43.0 Å². The van der Waals surface area contributed by atoms with E-state index in [-0.39, 0.29) is 10.8 Å². The minimum absolute atomic E-state index is 0.0848. The van der Waals surface area contributed by atoms with Crippen molar-refractivity contribution in [3.8, 4) is 0 Å². The highest BCUT2D eigenvalue weighted by Crippen LogP contribution is 2.15. The fourth-order valence-electron chi connectivity index (χ4n) is 4.00. The molecular weight excluding hydrogens is 460 g/mol. The predicted octanol–water partition coefficient (Wildman–Crippen LogP) is 2.05. The first-order valence-corrected chi connectivity index (χ1v) is 13.0. The third-order valence-electron chi connectivity index (χ3n) is 6.05. The van der Waals surface area contributed by atoms with Crippen LogP contribution in [0, 0.1) is 0 Å². The number of H-pyrrole nitrogens is 1. The molecule has 1 amide bonds. The van der Waals surface area contributed by atoms with Gasteiger partial charge in [0, 0.05) is 55.5 Å². The molecule has 1 aliphatic rings. The van der Waals surface area contributed by atoms with Crippen molar-refractivity contribution < 1.29 is 13.2 Å². The minimum atomic E-state index is -3.81. The largest absolute Gasteiger partial charge is 0.361 e. The van der Waals surface area contributed by atoms with Gasteiger partial charge < -0.3 is 9.88 Å². The third-order valence-corrected chi connectivity index (χ3v) is 7.45. The number of aromatic nitrogens is 1. The van der Waals surface area contributed by atoms with Gasteiger partial charge in [-0.05, 0) is 54.1 Å². The van der Waals surface area contributed by atoms with Crippen LogP contribution in [-0.4, -0.2) is 55.3 Å². The van der Waals surface area contributed by atoms with Gasteiger partial charge in [0.1, 0.15) is 0 Å². The van der Waals surface area contributed by atoms with Gasteiger partial charge in [-0.15, -0.1) is 0 Å². The number of piperazine rings is 1. The van der Waals surface area contributed by atoms with E-state index in [0.29, 0.717) is 24.4 Å². The molecule has 1 aliphatic heterocycles. The molecule has 1 aromatic heterocycles. The highest BCUT2D eigenvalue weighted by Gasteiger charge is 2.23. The molecule has 7 nitrogen and oxygen atoms in total. The van der Waals surface area contributed by atoms with Crippen molar-refractivity contribution in [2.45, 2.75) is 18.4 Å². The van der Waals surface area contributed by atoms with Crippen molar-refractivity contribution >= 4 is 28.6 Å². The van der Waals surface area contributed by atoms with Gasteiger partial charge in [0.2, 0.25) is 0 Å². The summed E-state index contributed by atoms with van der Waals surface area (Å²) in [5, 5.41) is 1.50. The summed E-state index contributed by atoms with van der Waals surface area (Å²) < 4.78 is 28.4. The third kappa shape index (κ3) is 6.09.